The lowest BCUT2D eigenvalue weighted by Gasteiger charge is -2.35. The number of rotatable bonds is 4. The van der Waals surface area contributed by atoms with Crippen LogP contribution in [0.5, 0.6) is 0 Å². The molecule has 29 heavy (non-hydrogen) atoms. The van der Waals surface area contributed by atoms with Gasteiger partial charge in [-0.1, -0.05) is 6.07 Å². The number of nitrogens with one attached hydrogen (secondary N) is 1. The van der Waals surface area contributed by atoms with Crippen molar-refractivity contribution in [2.75, 3.05) is 19.6 Å². The predicted octanol–water partition coefficient (Wildman–Crippen LogP) is 2.42. The Hall–Kier alpha value is -1.65. The summed E-state index contributed by atoms with van der Waals surface area (Å²) in [6, 6.07) is 2.58. The quantitative estimate of drug-likeness (QED) is 0.771. The highest BCUT2D eigenvalue weighted by molar-refractivity contribution is 7.91. The van der Waals surface area contributed by atoms with Crippen molar-refractivity contribution in [3.63, 3.8) is 0 Å². The number of thiophene rings is 1. The molecule has 2 aliphatic rings. The van der Waals surface area contributed by atoms with Crippen LogP contribution in [0.1, 0.15) is 46.5 Å². The van der Waals surface area contributed by atoms with Gasteiger partial charge in [0.1, 0.15) is 15.9 Å². The van der Waals surface area contributed by atoms with E-state index in [0.29, 0.717) is 45.3 Å². The first-order valence-electron chi connectivity index (χ1n) is 9.91. The van der Waals surface area contributed by atoms with Gasteiger partial charge in [0.2, 0.25) is 5.91 Å². The van der Waals surface area contributed by atoms with E-state index in [2.05, 4.69) is 5.32 Å². The molecule has 2 fully saturated rings. The van der Waals surface area contributed by atoms with E-state index in [-0.39, 0.29) is 16.2 Å². The molecule has 10 heteroatoms. The van der Waals surface area contributed by atoms with E-state index in [4.69, 9.17) is 4.74 Å². The molecule has 3 heterocycles. The SMILES string of the molecule is CC(C)(C)OC(=O)NC1CCN(C(=O)C2CCCN2S(=O)(=O)c2cccs2)CC1. The molecule has 162 valence electrons. The van der Waals surface area contributed by atoms with Gasteiger partial charge >= 0.3 is 6.09 Å². The molecule has 3 rings (SSSR count). The van der Waals surface area contributed by atoms with Crippen molar-refractivity contribution in [2.45, 2.75) is 68.3 Å². The lowest BCUT2D eigenvalue weighted by atomic mass is 10.0. The Morgan fingerprint density at radius 1 is 1.17 bits per heavy atom. The van der Waals surface area contributed by atoms with Gasteiger partial charge in [-0.15, -0.1) is 11.3 Å². The molecular weight excluding hydrogens is 414 g/mol. The molecule has 0 saturated carbocycles. The minimum atomic E-state index is -3.64. The number of sulfonamides is 1. The van der Waals surface area contributed by atoms with Crippen LogP contribution in [0.4, 0.5) is 4.79 Å². The molecule has 8 nitrogen and oxygen atoms in total. The second kappa shape index (κ2) is 8.61. The summed E-state index contributed by atoms with van der Waals surface area (Å²) in [6.07, 6.45) is 2.01. The summed E-state index contributed by atoms with van der Waals surface area (Å²) in [4.78, 5) is 26.7. The summed E-state index contributed by atoms with van der Waals surface area (Å²) in [5, 5.41) is 4.58. The molecule has 1 aromatic rings. The van der Waals surface area contributed by atoms with E-state index in [0.717, 1.165) is 0 Å². The maximum atomic E-state index is 13.1. The molecule has 0 spiro atoms. The number of carbonyl (C=O) groups is 2. The summed E-state index contributed by atoms with van der Waals surface area (Å²) in [5.74, 6) is -0.140. The summed E-state index contributed by atoms with van der Waals surface area (Å²) in [7, 11) is -3.64. The van der Waals surface area contributed by atoms with Gasteiger partial charge in [0.25, 0.3) is 10.0 Å². The first-order valence-corrected chi connectivity index (χ1v) is 12.2. The normalized spacial score (nSPS) is 21.9. The van der Waals surface area contributed by atoms with Gasteiger partial charge in [0.05, 0.1) is 0 Å². The van der Waals surface area contributed by atoms with Gasteiger partial charge in [-0.05, 0) is 57.9 Å². The number of likely N-dealkylation sites (tertiary alicyclic amines) is 1. The number of ether oxygens (including phenoxy) is 1. The van der Waals surface area contributed by atoms with Gasteiger partial charge in [-0.25, -0.2) is 13.2 Å². The Balaban J connectivity index is 1.57. The molecule has 1 aromatic heterocycles. The van der Waals surface area contributed by atoms with E-state index >= 15 is 0 Å². The van der Waals surface area contributed by atoms with Crippen LogP contribution in [0.2, 0.25) is 0 Å². The van der Waals surface area contributed by atoms with Crippen molar-refractivity contribution in [1.82, 2.24) is 14.5 Å². The number of carbonyl (C=O) groups excluding carboxylic acids is 2. The monoisotopic (exact) mass is 443 g/mol. The third-order valence-electron chi connectivity index (χ3n) is 5.07. The van der Waals surface area contributed by atoms with Crippen molar-refractivity contribution in [1.29, 1.82) is 0 Å². The van der Waals surface area contributed by atoms with Crippen LogP contribution >= 0.6 is 11.3 Å². The van der Waals surface area contributed by atoms with E-state index in [1.54, 1.807) is 22.4 Å². The van der Waals surface area contributed by atoms with Crippen LogP contribution in [0, 0.1) is 0 Å². The fourth-order valence-corrected chi connectivity index (χ4v) is 6.50. The largest absolute Gasteiger partial charge is 0.444 e. The first kappa shape index (κ1) is 22.0. The van der Waals surface area contributed by atoms with E-state index in [9.17, 15) is 18.0 Å². The zero-order chi connectivity index (χ0) is 21.2. The van der Waals surface area contributed by atoms with E-state index < -0.39 is 27.8 Å². The van der Waals surface area contributed by atoms with E-state index in [1.165, 1.54) is 15.6 Å². The fraction of sp³-hybridized carbons (Fsp3) is 0.684. The molecule has 0 aliphatic carbocycles. The van der Waals surface area contributed by atoms with E-state index in [1.807, 2.05) is 20.8 Å². The molecule has 2 amide bonds. The Labute approximate surface area is 176 Å². The Morgan fingerprint density at radius 2 is 1.86 bits per heavy atom. The molecule has 0 bridgehead atoms. The molecule has 1 N–H and O–H groups in total. The number of hydrogen-bond donors (Lipinski definition) is 1. The highest BCUT2D eigenvalue weighted by Gasteiger charge is 2.42. The minimum absolute atomic E-state index is 0.0524. The van der Waals surface area contributed by atoms with Gasteiger partial charge in [0, 0.05) is 25.7 Å². The smallest absolute Gasteiger partial charge is 0.407 e. The molecular formula is C19H29N3O5S2. The molecule has 2 saturated heterocycles. The average Bonchev–Trinajstić information content (AvgIpc) is 3.32. The van der Waals surface area contributed by atoms with Crippen LogP contribution in [0.25, 0.3) is 0 Å². The van der Waals surface area contributed by atoms with Crippen LogP contribution in [-0.2, 0) is 19.6 Å². The van der Waals surface area contributed by atoms with Gasteiger partial charge in [-0.2, -0.15) is 4.31 Å². The number of nitrogens with zero attached hydrogens (tertiary/aromatic N) is 2. The highest BCUT2D eigenvalue weighted by Crippen LogP contribution is 2.30. The van der Waals surface area contributed by atoms with Crippen molar-refractivity contribution < 1.29 is 22.7 Å². The van der Waals surface area contributed by atoms with Crippen molar-refractivity contribution >= 4 is 33.4 Å². The highest BCUT2D eigenvalue weighted by atomic mass is 32.2. The maximum Gasteiger partial charge on any atom is 0.407 e. The molecule has 1 atom stereocenters. The second-order valence-electron chi connectivity index (χ2n) is 8.45. The van der Waals surface area contributed by atoms with Crippen LogP contribution < -0.4 is 5.32 Å². The summed E-state index contributed by atoms with van der Waals surface area (Å²) in [5.41, 5.74) is -0.555. The summed E-state index contributed by atoms with van der Waals surface area (Å²) < 4.78 is 32.7. The lowest BCUT2D eigenvalue weighted by molar-refractivity contribution is -0.135. The zero-order valence-corrected chi connectivity index (χ0v) is 18.7. The van der Waals surface area contributed by atoms with Gasteiger partial charge in [-0.3, -0.25) is 4.79 Å². The molecule has 2 aliphatic heterocycles. The maximum absolute atomic E-state index is 13.1. The van der Waals surface area contributed by atoms with Crippen LogP contribution in [-0.4, -0.2) is 66.9 Å². The van der Waals surface area contributed by atoms with Gasteiger partial charge in [0.15, 0.2) is 0 Å². The fourth-order valence-electron chi connectivity index (χ4n) is 3.73. The lowest BCUT2D eigenvalue weighted by Crippen LogP contribution is -2.52. The molecule has 1 unspecified atom stereocenters. The second-order valence-corrected chi connectivity index (χ2v) is 11.5. The Morgan fingerprint density at radius 3 is 2.45 bits per heavy atom. The van der Waals surface area contributed by atoms with Gasteiger partial charge < -0.3 is 15.0 Å². The number of piperidine rings is 1. The Bertz CT molecular complexity index is 825. The summed E-state index contributed by atoms with van der Waals surface area (Å²) >= 11 is 1.17. The molecule has 0 radical (unpaired) electrons. The van der Waals surface area contributed by atoms with Crippen molar-refractivity contribution in [2.24, 2.45) is 0 Å². The van der Waals surface area contributed by atoms with Crippen molar-refractivity contribution in [3.05, 3.63) is 17.5 Å². The first-order chi connectivity index (χ1) is 13.6. The molecule has 0 aromatic carbocycles. The number of alkyl carbamates (subject to hydrolysis) is 1. The zero-order valence-electron chi connectivity index (χ0n) is 17.1. The predicted molar refractivity (Wildman–Crippen MR) is 110 cm³/mol. The average molecular weight is 444 g/mol. The number of hydrogen-bond acceptors (Lipinski definition) is 6. The Kier molecular flexibility index (Phi) is 6.54. The topological polar surface area (TPSA) is 96.0 Å². The van der Waals surface area contributed by atoms with Crippen molar-refractivity contribution in [3.8, 4) is 0 Å². The van der Waals surface area contributed by atoms with Crippen LogP contribution in [0.15, 0.2) is 21.7 Å². The third kappa shape index (κ3) is 5.29. The minimum Gasteiger partial charge on any atom is -0.444 e. The van der Waals surface area contributed by atoms with Crippen LogP contribution in [0.3, 0.4) is 0 Å². The standard InChI is InChI=1S/C19H29N3O5S2/c1-19(2,3)27-18(24)20-14-8-11-21(12-9-14)17(23)15-6-4-10-22(15)29(25,26)16-7-5-13-28-16/h5,7,13-15H,4,6,8-12H2,1-3H3,(H,20,24). The third-order valence-corrected chi connectivity index (χ3v) is 8.36. The number of amides is 2. The summed E-state index contributed by atoms with van der Waals surface area (Å²) in [6.45, 7) is 6.78.